The van der Waals surface area contributed by atoms with Crippen LogP contribution in [0.1, 0.15) is 44.2 Å². The lowest BCUT2D eigenvalue weighted by molar-refractivity contribution is -0.145. The number of carbonyl (C=O) groups is 3. The Hall–Kier alpha value is -3.35. The van der Waals surface area contributed by atoms with Gasteiger partial charge in [0.1, 0.15) is 13.2 Å². The third kappa shape index (κ3) is 6.34. The smallest absolute Gasteiger partial charge is 0.407 e. The van der Waals surface area contributed by atoms with Gasteiger partial charge in [-0.15, -0.1) is 0 Å². The van der Waals surface area contributed by atoms with Gasteiger partial charge in [0.25, 0.3) is 0 Å². The summed E-state index contributed by atoms with van der Waals surface area (Å²) in [7, 11) is 0. The van der Waals surface area contributed by atoms with Crippen molar-refractivity contribution in [2.24, 2.45) is 11.8 Å². The fourth-order valence-corrected chi connectivity index (χ4v) is 4.26. The normalized spacial score (nSPS) is 13.2. The number of carbonyl (C=O) groups excluding carboxylic acids is 2. The zero-order chi connectivity index (χ0) is 24.0. The maximum Gasteiger partial charge on any atom is 0.407 e. The molecule has 0 spiro atoms. The lowest BCUT2D eigenvalue weighted by atomic mass is 9.98. The zero-order valence-corrected chi connectivity index (χ0v) is 19.4. The fourth-order valence-electron chi connectivity index (χ4n) is 4.26. The van der Waals surface area contributed by atoms with Crippen LogP contribution in [-0.4, -0.2) is 54.2 Å². The fraction of sp³-hybridized carbons (Fsp3) is 0.423. The van der Waals surface area contributed by atoms with E-state index < -0.39 is 12.1 Å². The zero-order valence-electron chi connectivity index (χ0n) is 19.4. The lowest BCUT2D eigenvalue weighted by Crippen LogP contribution is -2.40. The van der Waals surface area contributed by atoms with Crippen molar-refractivity contribution in [3.63, 3.8) is 0 Å². The Morgan fingerprint density at radius 3 is 2.12 bits per heavy atom. The minimum atomic E-state index is -1.03. The number of nitrogens with zero attached hydrogens (tertiary/aromatic N) is 1. The average molecular weight is 453 g/mol. The van der Waals surface area contributed by atoms with Crippen LogP contribution in [0.15, 0.2) is 48.5 Å². The van der Waals surface area contributed by atoms with E-state index in [1.54, 1.807) is 0 Å². The maximum atomic E-state index is 12.5. The van der Waals surface area contributed by atoms with Gasteiger partial charge < -0.3 is 20.1 Å². The van der Waals surface area contributed by atoms with Gasteiger partial charge in [0.2, 0.25) is 5.91 Å². The number of benzene rings is 2. The van der Waals surface area contributed by atoms with E-state index in [2.05, 4.69) is 29.6 Å². The Labute approximate surface area is 194 Å². The number of fused-ring (bicyclic) bond motifs is 3. The minimum absolute atomic E-state index is 0.0113. The molecule has 7 nitrogen and oxygen atoms in total. The summed E-state index contributed by atoms with van der Waals surface area (Å²) in [6, 6.07) is 16.3. The molecular weight excluding hydrogens is 420 g/mol. The molecule has 2 aromatic rings. The van der Waals surface area contributed by atoms with Crippen molar-refractivity contribution in [2.45, 2.75) is 33.1 Å². The summed E-state index contributed by atoms with van der Waals surface area (Å²) in [6.07, 6.45) is -0.371. The highest BCUT2D eigenvalue weighted by atomic mass is 16.5. The molecule has 0 saturated heterocycles. The van der Waals surface area contributed by atoms with Crippen LogP contribution in [0.3, 0.4) is 0 Å². The van der Waals surface area contributed by atoms with Crippen LogP contribution in [0.2, 0.25) is 0 Å². The first kappa shape index (κ1) is 24.3. The van der Waals surface area contributed by atoms with Gasteiger partial charge in [-0.3, -0.25) is 9.59 Å². The molecule has 2 amide bonds. The largest absolute Gasteiger partial charge is 0.480 e. The van der Waals surface area contributed by atoms with Crippen molar-refractivity contribution >= 4 is 18.0 Å². The molecule has 0 saturated carbocycles. The molecule has 33 heavy (non-hydrogen) atoms. The van der Waals surface area contributed by atoms with Gasteiger partial charge in [-0.05, 0) is 34.1 Å². The molecule has 176 valence electrons. The summed E-state index contributed by atoms with van der Waals surface area (Å²) in [5.74, 6) is -1.26. The maximum absolute atomic E-state index is 12.5. The lowest BCUT2D eigenvalue weighted by Gasteiger charge is -2.24. The molecule has 0 radical (unpaired) electrons. The molecule has 0 heterocycles. The molecule has 1 aliphatic rings. The standard InChI is InChI=1S/C26H32N2O5/c1-17(2)14-28(15-25(30)31)24(29)12-18(3)13-27-26(32)33-16-23-21-10-6-4-8-19(21)20-9-5-7-11-22(20)23/h4-11,17-18,23H,12-16H2,1-3H3,(H,27,32)(H,30,31). The Morgan fingerprint density at radius 2 is 1.58 bits per heavy atom. The summed E-state index contributed by atoms with van der Waals surface area (Å²) >= 11 is 0. The number of hydrogen-bond acceptors (Lipinski definition) is 4. The van der Waals surface area contributed by atoms with Crippen LogP contribution in [0.4, 0.5) is 4.79 Å². The summed E-state index contributed by atoms with van der Waals surface area (Å²) in [5.41, 5.74) is 4.63. The summed E-state index contributed by atoms with van der Waals surface area (Å²) in [5, 5.41) is 11.8. The number of hydrogen-bond donors (Lipinski definition) is 2. The molecule has 0 bridgehead atoms. The van der Waals surface area contributed by atoms with Crippen LogP contribution in [0.5, 0.6) is 0 Å². The Balaban J connectivity index is 1.50. The van der Waals surface area contributed by atoms with Gasteiger partial charge in [0.05, 0.1) is 0 Å². The predicted octanol–water partition coefficient (Wildman–Crippen LogP) is 4.12. The SMILES string of the molecule is CC(C)CN(CC(=O)O)C(=O)CC(C)CNC(=O)OCC1c2ccccc2-c2ccccc21. The van der Waals surface area contributed by atoms with Gasteiger partial charge in [-0.2, -0.15) is 0 Å². The van der Waals surface area contributed by atoms with E-state index in [1.165, 1.54) is 16.0 Å². The first-order valence-electron chi connectivity index (χ1n) is 11.3. The van der Waals surface area contributed by atoms with E-state index in [0.717, 1.165) is 11.1 Å². The molecule has 3 rings (SSSR count). The molecule has 7 heteroatoms. The van der Waals surface area contributed by atoms with Gasteiger partial charge in [0.15, 0.2) is 0 Å². The molecule has 1 aliphatic carbocycles. The predicted molar refractivity (Wildman–Crippen MR) is 126 cm³/mol. The highest BCUT2D eigenvalue weighted by Crippen LogP contribution is 2.44. The van der Waals surface area contributed by atoms with Crippen LogP contribution in [0.25, 0.3) is 11.1 Å². The van der Waals surface area contributed by atoms with Gasteiger partial charge >= 0.3 is 12.1 Å². The highest BCUT2D eigenvalue weighted by Gasteiger charge is 2.29. The molecule has 0 aliphatic heterocycles. The third-order valence-corrected chi connectivity index (χ3v) is 5.73. The second-order valence-electron chi connectivity index (χ2n) is 9.08. The van der Waals surface area contributed by atoms with E-state index in [0.29, 0.717) is 6.54 Å². The second kappa shape index (κ2) is 11.0. The van der Waals surface area contributed by atoms with Crippen molar-refractivity contribution in [1.29, 1.82) is 0 Å². The van der Waals surface area contributed by atoms with Crippen molar-refractivity contribution in [1.82, 2.24) is 10.2 Å². The molecule has 2 N–H and O–H groups in total. The van der Waals surface area contributed by atoms with Gasteiger partial charge in [-0.1, -0.05) is 69.3 Å². The number of carboxylic acids is 1. The summed E-state index contributed by atoms with van der Waals surface area (Å²) in [4.78, 5) is 37.3. The molecular formula is C26H32N2O5. The highest BCUT2D eigenvalue weighted by molar-refractivity contribution is 5.81. The quantitative estimate of drug-likeness (QED) is 0.565. The second-order valence-corrected chi connectivity index (χ2v) is 9.08. The first-order valence-corrected chi connectivity index (χ1v) is 11.3. The Morgan fingerprint density at radius 1 is 1.00 bits per heavy atom. The Bertz CT molecular complexity index is 958. The van der Waals surface area contributed by atoms with E-state index in [-0.39, 0.29) is 49.8 Å². The van der Waals surface area contributed by atoms with Crippen molar-refractivity contribution in [2.75, 3.05) is 26.2 Å². The van der Waals surface area contributed by atoms with E-state index >= 15 is 0 Å². The Kier molecular flexibility index (Phi) is 8.09. The molecule has 2 aromatic carbocycles. The number of alkyl carbamates (subject to hydrolysis) is 1. The van der Waals surface area contributed by atoms with Crippen LogP contribution >= 0.6 is 0 Å². The molecule has 0 fully saturated rings. The number of aliphatic carboxylic acids is 1. The monoisotopic (exact) mass is 452 g/mol. The average Bonchev–Trinajstić information content (AvgIpc) is 3.09. The topological polar surface area (TPSA) is 95.9 Å². The molecule has 0 aromatic heterocycles. The van der Waals surface area contributed by atoms with Crippen molar-refractivity contribution in [3.8, 4) is 11.1 Å². The van der Waals surface area contributed by atoms with E-state index in [4.69, 9.17) is 9.84 Å². The van der Waals surface area contributed by atoms with E-state index in [1.807, 2.05) is 45.0 Å². The van der Waals surface area contributed by atoms with Crippen molar-refractivity contribution in [3.05, 3.63) is 59.7 Å². The number of nitrogens with one attached hydrogen (secondary N) is 1. The van der Waals surface area contributed by atoms with Crippen LogP contribution in [0, 0.1) is 11.8 Å². The molecule has 1 atom stereocenters. The van der Waals surface area contributed by atoms with Crippen LogP contribution < -0.4 is 5.32 Å². The molecule has 1 unspecified atom stereocenters. The minimum Gasteiger partial charge on any atom is -0.480 e. The third-order valence-electron chi connectivity index (χ3n) is 5.73. The number of carboxylic acid groups (broad SMARTS) is 1. The van der Waals surface area contributed by atoms with Gasteiger partial charge in [-0.25, -0.2) is 4.79 Å². The summed E-state index contributed by atoms with van der Waals surface area (Å²) < 4.78 is 5.52. The van der Waals surface area contributed by atoms with Crippen molar-refractivity contribution < 1.29 is 24.2 Å². The first-order chi connectivity index (χ1) is 15.8. The summed E-state index contributed by atoms with van der Waals surface area (Å²) in [6.45, 7) is 6.28. The van der Waals surface area contributed by atoms with Gasteiger partial charge in [0, 0.05) is 25.4 Å². The van der Waals surface area contributed by atoms with E-state index in [9.17, 15) is 14.4 Å². The number of rotatable bonds is 10. The number of amides is 2. The van der Waals surface area contributed by atoms with Crippen LogP contribution in [-0.2, 0) is 14.3 Å². The number of ether oxygens (including phenoxy) is 1.